The van der Waals surface area contributed by atoms with Gasteiger partial charge in [0.25, 0.3) is 11.5 Å². The number of aromatic nitrogens is 3. The standard InChI is InChI=1S/C23H22F4N4O4/c1-13-28-19-17(20(32)29-13)9-15(18(30-19)23(25,26)27)10-35-16-5-3-14(4-6-16)21(33)31-8-7-22(24,11-31)12-34-2/h3-6,9H,7-8,10-12H2,1-2H3,(H,28,29,30,32)/t22-/m0/s1. The minimum Gasteiger partial charge on any atom is -0.489 e. The van der Waals surface area contributed by atoms with Crippen LogP contribution in [0.25, 0.3) is 11.0 Å². The lowest BCUT2D eigenvalue weighted by atomic mass is 10.1. The number of pyridine rings is 1. The summed E-state index contributed by atoms with van der Waals surface area (Å²) in [6.45, 7) is 0.985. The van der Waals surface area contributed by atoms with Gasteiger partial charge in [0.1, 0.15) is 18.2 Å². The zero-order valence-electron chi connectivity index (χ0n) is 18.9. The van der Waals surface area contributed by atoms with E-state index in [1.165, 1.54) is 43.2 Å². The molecular weight excluding hydrogens is 472 g/mol. The summed E-state index contributed by atoms with van der Waals surface area (Å²) in [4.78, 5) is 36.1. The number of hydrogen-bond acceptors (Lipinski definition) is 6. The number of carbonyl (C=O) groups excluding carboxylic acids is 1. The van der Waals surface area contributed by atoms with Gasteiger partial charge in [0.2, 0.25) is 0 Å². The average molecular weight is 494 g/mol. The normalized spacial score (nSPS) is 18.3. The number of benzene rings is 1. The van der Waals surface area contributed by atoms with Crippen LogP contribution in [0.2, 0.25) is 0 Å². The molecule has 1 amide bonds. The fourth-order valence-electron chi connectivity index (χ4n) is 3.99. The third-order valence-corrected chi connectivity index (χ3v) is 5.65. The van der Waals surface area contributed by atoms with Gasteiger partial charge in [-0.1, -0.05) is 0 Å². The molecule has 1 atom stereocenters. The maximum atomic E-state index is 14.6. The van der Waals surface area contributed by atoms with E-state index in [0.717, 1.165) is 6.07 Å². The Balaban J connectivity index is 1.51. The number of rotatable bonds is 6. The maximum absolute atomic E-state index is 14.6. The summed E-state index contributed by atoms with van der Waals surface area (Å²) in [7, 11) is 1.39. The Morgan fingerprint density at radius 3 is 2.60 bits per heavy atom. The van der Waals surface area contributed by atoms with Crippen molar-refractivity contribution >= 4 is 16.9 Å². The molecule has 12 heteroatoms. The molecule has 3 aromatic rings. The molecule has 1 saturated heterocycles. The molecule has 0 bridgehead atoms. The van der Waals surface area contributed by atoms with Gasteiger partial charge in [-0.15, -0.1) is 0 Å². The van der Waals surface area contributed by atoms with Crippen LogP contribution >= 0.6 is 0 Å². The van der Waals surface area contributed by atoms with Crippen molar-refractivity contribution in [2.75, 3.05) is 26.8 Å². The highest BCUT2D eigenvalue weighted by Crippen LogP contribution is 2.32. The van der Waals surface area contributed by atoms with Gasteiger partial charge in [-0.2, -0.15) is 13.2 Å². The van der Waals surface area contributed by atoms with Gasteiger partial charge >= 0.3 is 6.18 Å². The van der Waals surface area contributed by atoms with Crippen LogP contribution in [0.1, 0.15) is 33.9 Å². The van der Waals surface area contributed by atoms with Gasteiger partial charge in [0, 0.05) is 31.2 Å². The molecule has 186 valence electrons. The minimum absolute atomic E-state index is 0.0827. The predicted octanol–water partition coefficient (Wildman–Crippen LogP) is 3.42. The lowest BCUT2D eigenvalue weighted by molar-refractivity contribution is -0.142. The van der Waals surface area contributed by atoms with E-state index < -0.39 is 29.7 Å². The number of methoxy groups -OCH3 is 1. The quantitative estimate of drug-likeness (QED) is 0.528. The van der Waals surface area contributed by atoms with Gasteiger partial charge < -0.3 is 19.4 Å². The molecule has 1 fully saturated rings. The summed E-state index contributed by atoms with van der Waals surface area (Å²) in [6.07, 6.45) is -4.61. The monoisotopic (exact) mass is 494 g/mol. The van der Waals surface area contributed by atoms with Gasteiger partial charge in [-0.3, -0.25) is 9.59 Å². The third kappa shape index (κ3) is 5.26. The Morgan fingerprint density at radius 2 is 1.94 bits per heavy atom. The highest BCUT2D eigenvalue weighted by atomic mass is 19.4. The second-order valence-electron chi connectivity index (χ2n) is 8.39. The first-order valence-electron chi connectivity index (χ1n) is 10.7. The molecule has 0 radical (unpaired) electrons. The number of fused-ring (bicyclic) bond motifs is 1. The van der Waals surface area contributed by atoms with Crippen molar-refractivity contribution in [2.24, 2.45) is 0 Å². The molecule has 4 rings (SSSR count). The highest BCUT2D eigenvalue weighted by molar-refractivity contribution is 5.94. The van der Waals surface area contributed by atoms with Crippen molar-refractivity contribution in [3.05, 3.63) is 63.3 Å². The molecule has 3 heterocycles. The fraction of sp³-hybridized carbons (Fsp3) is 0.391. The number of nitrogens with one attached hydrogen (secondary N) is 1. The molecule has 1 N–H and O–H groups in total. The first kappa shape index (κ1) is 24.6. The molecule has 1 aromatic carbocycles. The van der Waals surface area contributed by atoms with E-state index in [1.807, 2.05) is 0 Å². The van der Waals surface area contributed by atoms with Gasteiger partial charge in [0.15, 0.2) is 17.0 Å². The lowest BCUT2D eigenvalue weighted by Gasteiger charge is -2.20. The molecule has 35 heavy (non-hydrogen) atoms. The van der Waals surface area contributed by atoms with E-state index in [9.17, 15) is 27.2 Å². The number of alkyl halides is 4. The summed E-state index contributed by atoms with van der Waals surface area (Å²) >= 11 is 0. The number of carbonyl (C=O) groups is 1. The number of H-pyrrole nitrogens is 1. The molecule has 0 unspecified atom stereocenters. The zero-order chi connectivity index (χ0) is 25.4. The number of hydrogen-bond donors (Lipinski definition) is 1. The Labute approximate surface area is 196 Å². The van der Waals surface area contributed by atoms with Crippen LogP contribution in [-0.2, 0) is 17.5 Å². The largest absolute Gasteiger partial charge is 0.489 e. The van der Waals surface area contributed by atoms with E-state index in [4.69, 9.17) is 9.47 Å². The molecule has 0 spiro atoms. The van der Waals surface area contributed by atoms with Crippen LogP contribution in [0.15, 0.2) is 35.1 Å². The first-order valence-corrected chi connectivity index (χ1v) is 10.7. The van der Waals surface area contributed by atoms with Crippen molar-refractivity contribution in [2.45, 2.75) is 31.8 Å². The van der Waals surface area contributed by atoms with E-state index in [0.29, 0.717) is 0 Å². The number of nitrogens with zero attached hydrogens (tertiary/aromatic N) is 3. The second-order valence-corrected chi connectivity index (χ2v) is 8.39. The van der Waals surface area contributed by atoms with E-state index in [1.54, 1.807) is 0 Å². The second kappa shape index (κ2) is 9.25. The van der Waals surface area contributed by atoms with Crippen molar-refractivity contribution in [3.63, 3.8) is 0 Å². The molecule has 2 aromatic heterocycles. The minimum atomic E-state index is -4.79. The van der Waals surface area contributed by atoms with Crippen LogP contribution in [0.4, 0.5) is 17.6 Å². The Bertz CT molecular complexity index is 1310. The number of amides is 1. The van der Waals surface area contributed by atoms with Gasteiger partial charge in [0.05, 0.1) is 18.5 Å². The number of halogens is 4. The number of aromatic amines is 1. The molecular formula is C23H22F4N4O4. The SMILES string of the molecule is COC[C@]1(F)CCN(C(=O)c2ccc(OCc3cc4c(=O)[nH]c(C)nc4nc3C(F)(F)F)cc2)C1. The van der Waals surface area contributed by atoms with Crippen LogP contribution in [-0.4, -0.2) is 58.2 Å². The van der Waals surface area contributed by atoms with Crippen molar-refractivity contribution in [1.29, 1.82) is 0 Å². The van der Waals surface area contributed by atoms with Crippen LogP contribution < -0.4 is 10.3 Å². The van der Waals surface area contributed by atoms with Crippen molar-refractivity contribution < 1.29 is 31.8 Å². The van der Waals surface area contributed by atoms with Crippen LogP contribution in [0, 0.1) is 6.92 Å². The highest BCUT2D eigenvalue weighted by Gasteiger charge is 2.40. The Hall–Kier alpha value is -3.54. The topological polar surface area (TPSA) is 97.4 Å². The molecule has 1 aliphatic heterocycles. The van der Waals surface area contributed by atoms with E-state index in [-0.39, 0.29) is 65.8 Å². The van der Waals surface area contributed by atoms with E-state index >= 15 is 0 Å². The summed E-state index contributed by atoms with van der Waals surface area (Å²) in [6, 6.07) is 6.83. The van der Waals surface area contributed by atoms with Crippen LogP contribution in [0.5, 0.6) is 5.75 Å². The van der Waals surface area contributed by atoms with Gasteiger partial charge in [-0.05, 0) is 37.3 Å². The smallest absolute Gasteiger partial charge is 0.433 e. The third-order valence-electron chi connectivity index (χ3n) is 5.65. The lowest BCUT2D eigenvalue weighted by Crippen LogP contribution is -2.36. The average Bonchev–Trinajstić information content (AvgIpc) is 3.18. The maximum Gasteiger partial charge on any atom is 0.433 e. The van der Waals surface area contributed by atoms with Crippen molar-refractivity contribution in [1.82, 2.24) is 19.9 Å². The van der Waals surface area contributed by atoms with E-state index in [2.05, 4.69) is 15.0 Å². The number of aryl methyl sites for hydroxylation is 1. The zero-order valence-corrected chi connectivity index (χ0v) is 18.9. The number of likely N-dealkylation sites (tertiary alicyclic amines) is 1. The Kier molecular flexibility index (Phi) is 6.50. The molecule has 0 aliphatic carbocycles. The summed E-state index contributed by atoms with van der Waals surface area (Å²) in [5, 5.41) is -0.0915. The summed E-state index contributed by atoms with van der Waals surface area (Å²) in [5.74, 6) is -0.0229. The number of ether oxygens (including phenoxy) is 2. The molecule has 1 aliphatic rings. The Morgan fingerprint density at radius 1 is 1.23 bits per heavy atom. The first-order chi connectivity index (χ1) is 16.5. The summed E-state index contributed by atoms with van der Waals surface area (Å²) in [5.41, 5.74) is -3.76. The molecule has 8 nitrogen and oxygen atoms in total. The van der Waals surface area contributed by atoms with Crippen LogP contribution in [0.3, 0.4) is 0 Å². The van der Waals surface area contributed by atoms with Gasteiger partial charge in [-0.25, -0.2) is 14.4 Å². The predicted molar refractivity (Wildman–Crippen MR) is 117 cm³/mol. The fourth-order valence-corrected chi connectivity index (χ4v) is 3.99. The molecule has 0 saturated carbocycles. The van der Waals surface area contributed by atoms with Crippen molar-refractivity contribution in [3.8, 4) is 5.75 Å². The summed E-state index contributed by atoms with van der Waals surface area (Å²) < 4.78 is 65.7.